The molecule has 4 heterocycles. The van der Waals surface area contributed by atoms with Gasteiger partial charge in [0.05, 0.1) is 29.1 Å². The minimum atomic E-state index is -0.301. The average molecular weight is 455 g/mol. The number of aromatic nitrogens is 3. The Hall–Kier alpha value is -3.79. The first-order valence-corrected chi connectivity index (χ1v) is 11.1. The van der Waals surface area contributed by atoms with Gasteiger partial charge in [0.15, 0.2) is 0 Å². The van der Waals surface area contributed by atoms with E-state index in [0.717, 1.165) is 70.8 Å². The van der Waals surface area contributed by atoms with Crippen LogP contribution in [0.2, 0.25) is 5.02 Å². The molecule has 2 N–H and O–H groups in total. The number of nitrogens with zero attached hydrogens (tertiary/aromatic N) is 2. The van der Waals surface area contributed by atoms with Gasteiger partial charge < -0.3 is 19.6 Å². The highest BCUT2D eigenvalue weighted by molar-refractivity contribution is 6.34. The molecule has 0 radical (unpaired) electrons. The van der Waals surface area contributed by atoms with Gasteiger partial charge >= 0.3 is 5.56 Å². The molecule has 1 saturated heterocycles. The molecule has 0 bridgehead atoms. The lowest BCUT2D eigenvalue weighted by Gasteiger charge is -2.27. The van der Waals surface area contributed by atoms with Gasteiger partial charge in [-0.2, -0.15) is 0 Å². The highest BCUT2D eigenvalue weighted by Crippen LogP contribution is 2.36. The van der Waals surface area contributed by atoms with Crippen LogP contribution < -0.4 is 10.5 Å². The lowest BCUT2D eigenvalue weighted by atomic mass is 10.00. The number of benzene rings is 2. The van der Waals surface area contributed by atoms with Gasteiger partial charge in [0.25, 0.3) is 0 Å². The fourth-order valence-corrected chi connectivity index (χ4v) is 4.60. The molecule has 1 aliphatic rings. The van der Waals surface area contributed by atoms with Crippen molar-refractivity contribution in [2.45, 2.75) is 0 Å². The number of ether oxygens (including phenoxy) is 1. The number of halogens is 1. The summed E-state index contributed by atoms with van der Waals surface area (Å²) in [4.78, 5) is 24.8. The molecular weight excluding hydrogens is 436 g/mol. The van der Waals surface area contributed by atoms with Gasteiger partial charge in [-0.05, 0) is 36.4 Å². The number of fused-ring (bicyclic) bond motifs is 2. The molecule has 0 aliphatic carbocycles. The van der Waals surface area contributed by atoms with Gasteiger partial charge in [0.1, 0.15) is 5.82 Å². The first-order chi connectivity index (χ1) is 16.2. The zero-order valence-electron chi connectivity index (χ0n) is 17.6. The van der Waals surface area contributed by atoms with E-state index in [1.54, 1.807) is 0 Å². The maximum atomic E-state index is 11.6. The van der Waals surface area contributed by atoms with Crippen LogP contribution in [0.5, 0.6) is 0 Å². The van der Waals surface area contributed by atoms with Crippen LogP contribution in [0.1, 0.15) is 0 Å². The molecule has 7 heteroatoms. The summed E-state index contributed by atoms with van der Waals surface area (Å²) in [6, 6.07) is 21.5. The Kier molecular flexibility index (Phi) is 4.79. The molecule has 2 aromatic carbocycles. The van der Waals surface area contributed by atoms with E-state index < -0.39 is 0 Å². The Morgan fingerprint density at radius 2 is 1.85 bits per heavy atom. The number of rotatable bonds is 3. The van der Waals surface area contributed by atoms with Gasteiger partial charge in [0, 0.05) is 58.6 Å². The maximum absolute atomic E-state index is 11.6. The number of anilines is 1. The van der Waals surface area contributed by atoms with Crippen LogP contribution in [0.4, 0.5) is 5.82 Å². The van der Waals surface area contributed by atoms with Crippen LogP contribution in [-0.4, -0.2) is 41.3 Å². The molecule has 1 fully saturated rings. The minimum absolute atomic E-state index is 0.301. The van der Waals surface area contributed by atoms with E-state index in [-0.39, 0.29) is 5.56 Å². The summed E-state index contributed by atoms with van der Waals surface area (Å²) in [7, 11) is 0. The van der Waals surface area contributed by atoms with Crippen LogP contribution in [0.3, 0.4) is 0 Å². The number of nitrogens with one attached hydrogen (secondary N) is 2. The van der Waals surface area contributed by atoms with E-state index in [9.17, 15) is 4.79 Å². The first kappa shape index (κ1) is 19.9. The monoisotopic (exact) mass is 454 g/mol. The van der Waals surface area contributed by atoms with Crippen molar-refractivity contribution in [1.29, 1.82) is 0 Å². The SMILES string of the molecule is O=c1c#cc2c(-c3cc4cc(-c5ccc(N6CCOCC6)nc5)[nH]c4cc3Cl)cccc2[nH]1. The molecule has 6 rings (SSSR count). The Morgan fingerprint density at radius 1 is 0.970 bits per heavy atom. The number of H-pyrrole nitrogens is 2. The fourth-order valence-electron chi connectivity index (χ4n) is 4.33. The number of aromatic amines is 2. The molecule has 3 aromatic heterocycles. The molecule has 0 atom stereocenters. The zero-order valence-corrected chi connectivity index (χ0v) is 18.4. The first-order valence-electron chi connectivity index (χ1n) is 10.7. The van der Waals surface area contributed by atoms with E-state index in [1.165, 1.54) is 0 Å². The zero-order chi connectivity index (χ0) is 22.4. The number of hydrogen-bond acceptors (Lipinski definition) is 4. The van der Waals surface area contributed by atoms with E-state index in [2.05, 4.69) is 50.2 Å². The second-order valence-corrected chi connectivity index (χ2v) is 8.45. The van der Waals surface area contributed by atoms with Gasteiger partial charge in [-0.15, -0.1) is 0 Å². The number of hydrogen-bond donors (Lipinski definition) is 2. The number of morpholine rings is 1. The minimum Gasteiger partial charge on any atom is -0.378 e. The van der Waals surface area contributed by atoms with E-state index in [4.69, 9.17) is 16.3 Å². The Morgan fingerprint density at radius 3 is 2.67 bits per heavy atom. The Bertz CT molecular complexity index is 1530. The molecule has 0 amide bonds. The van der Waals surface area contributed by atoms with Gasteiger partial charge in [-0.1, -0.05) is 29.8 Å². The Labute approximate surface area is 194 Å². The van der Waals surface area contributed by atoms with Crippen LogP contribution in [0.25, 0.3) is 44.2 Å². The predicted molar refractivity (Wildman–Crippen MR) is 131 cm³/mol. The standard InChI is InChI=1S/C26H19ClN4O2/c27-21-14-24-17(12-20(21)18-2-1-3-22-19(18)5-7-26(32)30-22)13-23(29-24)16-4-6-25(28-15-16)31-8-10-33-11-9-31/h1-4,6,12-15,29H,8-11H2,(H,30,32). The third kappa shape index (κ3) is 3.62. The average Bonchev–Trinajstić information content (AvgIpc) is 3.26. The highest BCUT2D eigenvalue weighted by Gasteiger charge is 2.14. The van der Waals surface area contributed by atoms with Gasteiger partial charge in [-0.25, -0.2) is 4.98 Å². The molecule has 162 valence electrons. The van der Waals surface area contributed by atoms with Crippen molar-refractivity contribution in [1.82, 2.24) is 15.0 Å². The van der Waals surface area contributed by atoms with Crippen molar-refractivity contribution in [3.05, 3.63) is 82.2 Å². The predicted octanol–water partition coefficient (Wildman–Crippen LogP) is 4.83. The van der Waals surface area contributed by atoms with Crippen LogP contribution in [-0.2, 0) is 4.74 Å². The molecule has 0 unspecified atom stereocenters. The van der Waals surface area contributed by atoms with Crippen molar-refractivity contribution < 1.29 is 4.74 Å². The van der Waals surface area contributed by atoms with Gasteiger partial charge in [0.2, 0.25) is 0 Å². The lowest BCUT2D eigenvalue weighted by Crippen LogP contribution is -2.36. The number of pyridine rings is 1. The van der Waals surface area contributed by atoms with E-state index >= 15 is 0 Å². The van der Waals surface area contributed by atoms with Crippen molar-refractivity contribution >= 4 is 39.2 Å². The largest absolute Gasteiger partial charge is 0.378 e. The molecule has 5 aromatic rings. The van der Waals surface area contributed by atoms with E-state index in [1.807, 2.05) is 36.5 Å². The summed E-state index contributed by atoms with van der Waals surface area (Å²) in [5.74, 6) is 0.963. The summed E-state index contributed by atoms with van der Waals surface area (Å²) in [6.07, 6.45) is 1.89. The van der Waals surface area contributed by atoms with Crippen molar-refractivity contribution in [2.75, 3.05) is 31.2 Å². The maximum Gasteiger partial charge on any atom is 0.300 e. The lowest BCUT2D eigenvalue weighted by molar-refractivity contribution is 0.122. The van der Waals surface area contributed by atoms with Crippen molar-refractivity contribution in [3.8, 4) is 22.4 Å². The van der Waals surface area contributed by atoms with Crippen molar-refractivity contribution in [3.63, 3.8) is 0 Å². The molecule has 1 aliphatic heterocycles. The van der Waals surface area contributed by atoms with Gasteiger partial charge in [-0.3, -0.25) is 4.79 Å². The van der Waals surface area contributed by atoms with Crippen LogP contribution in [0, 0.1) is 12.1 Å². The van der Waals surface area contributed by atoms with E-state index in [0.29, 0.717) is 10.5 Å². The summed E-state index contributed by atoms with van der Waals surface area (Å²) >= 11 is 6.69. The summed E-state index contributed by atoms with van der Waals surface area (Å²) < 4.78 is 5.42. The second-order valence-electron chi connectivity index (χ2n) is 8.04. The Balaban J connectivity index is 1.39. The molecule has 0 saturated carbocycles. The summed E-state index contributed by atoms with van der Waals surface area (Å²) in [5, 5.41) is 2.42. The van der Waals surface area contributed by atoms with Crippen LogP contribution in [0.15, 0.2) is 59.5 Å². The fraction of sp³-hybridized carbons (Fsp3) is 0.154. The second kappa shape index (κ2) is 7.96. The normalized spacial score (nSPS) is 14.0. The topological polar surface area (TPSA) is 74.0 Å². The third-order valence-electron chi connectivity index (χ3n) is 6.01. The molecule has 33 heavy (non-hydrogen) atoms. The molecular formula is C26H19ClN4O2. The quantitative estimate of drug-likeness (QED) is 0.409. The molecule has 6 nitrogen and oxygen atoms in total. The van der Waals surface area contributed by atoms with Crippen LogP contribution >= 0.6 is 11.6 Å². The third-order valence-corrected chi connectivity index (χ3v) is 6.32. The summed E-state index contributed by atoms with van der Waals surface area (Å²) in [6.45, 7) is 3.18. The highest BCUT2D eigenvalue weighted by atomic mass is 35.5. The molecule has 0 spiro atoms. The summed E-state index contributed by atoms with van der Waals surface area (Å²) in [5.41, 5.74) is 5.09. The smallest absolute Gasteiger partial charge is 0.300 e. The van der Waals surface area contributed by atoms with Crippen molar-refractivity contribution in [2.24, 2.45) is 0 Å².